The average molecular weight is 349 g/mol. The Labute approximate surface area is 148 Å². The summed E-state index contributed by atoms with van der Waals surface area (Å²) in [5.74, 6) is 0. The predicted octanol–water partition coefficient (Wildman–Crippen LogP) is 3.58. The molecule has 0 unspecified atom stereocenters. The molecule has 3 nitrogen and oxygen atoms in total. The number of likely N-dealkylation sites (N-methyl/N-ethyl adjacent to an activating group) is 1. The smallest absolute Gasteiger partial charge is 0.0912 e. The quantitative estimate of drug-likeness (QED) is 0.739. The molecule has 1 aromatic heterocycles. The fourth-order valence-electron chi connectivity index (χ4n) is 2.93. The summed E-state index contributed by atoms with van der Waals surface area (Å²) in [5, 5.41) is 15.5. The number of aliphatic hydroxyl groups excluding tert-OH is 1. The van der Waals surface area contributed by atoms with Crippen molar-refractivity contribution in [1.29, 1.82) is 0 Å². The molecule has 23 heavy (non-hydrogen) atoms. The van der Waals surface area contributed by atoms with Crippen molar-refractivity contribution < 1.29 is 5.11 Å². The second-order valence-electron chi connectivity index (χ2n) is 5.41. The molecule has 3 aromatic rings. The van der Waals surface area contributed by atoms with Crippen molar-refractivity contribution >= 4 is 36.0 Å². The van der Waals surface area contributed by atoms with Crippen LogP contribution in [0.1, 0.15) is 11.6 Å². The molecule has 0 saturated carbocycles. The van der Waals surface area contributed by atoms with Gasteiger partial charge in [0.25, 0.3) is 0 Å². The maximum absolute atomic E-state index is 10.7. The summed E-state index contributed by atoms with van der Waals surface area (Å²) >= 11 is 6.14. The maximum atomic E-state index is 10.7. The molecule has 3 rings (SSSR count). The molecule has 0 saturated heterocycles. The van der Waals surface area contributed by atoms with Gasteiger partial charge in [-0.05, 0) is 42.3 Å². The van der Waals surface area contributed by atoms with Crippen LogP contribution in [0, 0.1) is 0 Å². The van der Waals surface area contributed by atoms with E-state index in [-0.39, 0.29) is 19.5 Å². The monoisotopic (exact) mass is 348 g/mol. The van der Waals surface area contributed by atoms with Crippen LogP contribution < -0.4 is 5.32 Å². The van der Waals surface area contributed by atoms with Crippen molar-refractivity contribution in [2.45, 2.75) is 12.1 Å². The number of hydrogen-bond donors (Lipinski definition) is 2. The van der Waals surface area contributed by atoms with Crippen LogP contribution in [0.2, 0.25) is 5.02 Å². The van der Waals surface area contributed by atoms with Gasteiger partial charge in [-0.1, -0.05) is 41.9 Å². The summed E-state index contributed by atoms with van der Waals surface area (Å²) in [6, 6.07) is 17.7. The fraction of sp³-hybridized carbons (Fsp3) is 0.222. The number of fused-ring (bicyclic) bond motifs is 1. The topological polar surface area (TPSA) is 37.2 Å². The van der Waals surface area contributed by atoms with Gasteiger partial charge in [-0.3, -0.25) is 0 Å². The number of aliphatic hydroxyl groups is 1. The highest BCUT2D eigenvalue weighted by Gasteiger charge is 2.23. The van der Waals surface area contributed by atoms with E-state index in [9.17, 15) is 5.11 Å². The molecule has 0 spiro atoms. The predicted molar refractivity (Wildman–Crippen MR) is 102 cm³/mol. The SMILES string of the molecule is CNC[C@@H](O)[C@H](c1cccc(Cl)c1)n1ccc2ccccc21.S. The summed E-state index contributed by atoms with van der Waals surface area (Å²) in [6.07, 6.45) is 1.47. The highest BCUT2D eigenvalue weighted by Crippen LogP contribution is 2.29. The van der Waals surface area contributed by atoms with Crippen LogP contribution in [0.5, 0.6) is 0 Å². The van der Waals surface area contributed by atoms with E-state index in [1.807, 2.05) is 49.6 Å². The van der Waals surface area contributed by atoms with Gasteiger partial charge in [0.1, 0.15) is 0 Å². The zero-order valence-electron chi connectivity index (χ0n) is 12.9. The number of hydrogen-bond acceptors (Lipinski definition) is 2. The summed E-state index contributed by atoms with van der Waals surface area (Å²) in [7, 11) is 1.84. The molecule has 0 fully saturated rings. The summed E-state index contributed by atoms with van der Waals surface area (Å²) in [6.45, 7) is 0.504. The fourth-order valence-corrected chi connectivity index (χ4v) is 3.13. The van der Waals surface area contributed by atoms with Crippen molar-refractivity contribution in [2.75, 3.05) is 13.6 Å². The number of nitrogens with one attached hydrogen (secondary N) is 1. The zero-order chi connectivity index (χ0) is 15.5. The van der Waals surface area contributed by atoms with Crippen molar-refractivity contribution in [3.05, 3.63) is 71.4 Å². The van der Waals surface area contributed by atoms with Crippen LogP contribution in [-0.2, 0) is 0 Å². The lowest BCUT2D eigenvalue weighted by molar-refractivity contribution is 0.132. The number of halogens is 1. The third-order valence-corrected chi connectivity index (χ3v) is 4.13. The molecule has 0 aliphatic carbocycles. The van der Waals surface area contributed by atoms with Gasteiger partial charge < -0.3 is 15.0 Å². The van der Waals surface area contributed by atoms with Crippen LogP contribution >= 0.6 is 25.1 Å². The van der Waals surface area contributed by atoms with Crippen LogP contribution in [0.3, 0.4) is 0 Å². The Morgan fingerprint density at radius 1 is 1.13 bits per heavy atom. The zero-order valence-corrected chi connectivity index (χ0v) is 14.7. The standard InChI is InChI=1S/C18H19ClN2O.H2S/c1-20-12-17(22)18(14-6-4-7-15(19)11-14)21-10-9-13-5-2-3-8-16(13)21;/h2-11,17-18,20,22H,12H2,1H3;1H2/t17-,18+;/m1./s1. The Balaban J connectivity index is 0.00000192. The Morgan fingerprint density at radius 3 is 2.65 bits per heavy atom. The minimum absolute atomic E-state index is 0. The van der Waals surface area contributed by atoms with Crippen molar-refractivity contribution in [3.63, 3.8) is 0 Å². The van der Waals surface area contributed by atoms with Crippen LogP contribution in [0.15, 0.2) is 60.8 Å². The van der Waals surface area contributed by atoms with E-state index in [2.05, 4.69) is 28.1 Å². The van der Waals surface area contributed by atoms with Crippen LogP contribution in [0.25, 0.3) is 10.9 Å². The minimum Gasteiger partial charge on any atom is -0.389 e. The van der Waals surface area contributed by atoms with Gasteiger partial charge in [0.05, 0.1) is 12.1 Å². The Hall–Kier alpha value is -1.46. The molecule has 0 amide bonds. The molecule has 0 aliphatic heterocycles. The van der Waals surface area contributed by atoms with Crippen LogP contribution in [0.4, 0.5) is 0 Å². The number of aromatic nitrogens is 1. The summed E-state index contributed by atoms with van der Waals surface area (Å²) in [5.41, 5.74) is 2.10. The minimum atomic E-state index is -0.556. The Bertz CT molecular complexity index is 774. The van der Waals surface area contributed by atoms with E-state index < -0.39 is 6.10 Å². The largest absolute Gasteiger partial charge is 0.389 e. The lowest BCUT2D eigenvalue weighted by Crippen LogP contribution is -2.33. The lowest BCUT2D eigenvalue weighted by atomic mass is 10.0. The molecule has 122 valence electrons. The first-order valence-corrected chi connectivity index (χ1v) is 7.72. The molecular weight excluding hydrogens is 328 g/mol. The molecular formula is C18H21ClN2OS. The second kappa shape index (κ2) is 7.88. The van der Waals surface area contributed by atoms with E-state index in [1.165, 1.54) is 0 Å². The Morgan fingerprint density at radius 2 is 1.91 bits per heavy atom. The third-order valence-electron chi connectivity index (χ3n) is 3.90. The number of nitrogens with zero attached hydrogens (tertiary/aromatic N) is 1. The van der Waals surface area contributed by atoms with Gasteiger partial charge in [0.2, 0.25) is 0 Å². The summed E-state index contributed by atoms with van der Waals surface area (Å²) < 4.78 is 2.11. The normalized spacial score (nSPS) is 13.5. The van der Waals surface area contributed by atoms with Gasteiger partial charge in [-0.2, -0.15) is 13.5 Å². The van der Waals surface area contributed by atoms with E-state index in [0.29, 0.717) is 11.6 Å². The van der Waals surface area contributed by atoms with E-state index in [4.69, 9.17) is 11.6 Å². The Kier molecular flexibility index (Phi) is 6.13. The number of benzene rings is 2. The second-order valence-corrected chi connectivity index (χ2v) is 5.84. The third kappa shape index (κ3) is 3.72. The van der Waals surface area contributed by atoms with Gasteiger partial charge in [-0.25, -0.2) is 0 Å². The highest BCUT2D eigenvalue weighted by atomic mass is 35.5. The van der Waals surface area contributed by atoms with Crippen molar-refractivity contribution in [3.8, 4) is 0 Å². The van der Waals surface area contributed by atoms with Gasteiger partial charge in [-0.15, -0.1) is 0 Å². The van der Waals surface area contributed by atoms with E-state index in [1.54, 1.807) is 0 Å². The molecule has 5 heteroatoms. The maximum Gasteiger partial charge on any atom is 0.0912 e. The molecule has 0 bridgehead atoms. The summed E-state index contributed by atoms with van der Waals surface area (Å²) in [4.78, 5) is 0. The van der Waals surface area contributed by atoms with Crippen LogP contribution in [-0.4, -0.2) is 29.4 Å². The first-order valence-electron chi connectivity index (χ1n) is 7.34. The van der Waals surface area contributed by atoms with E-state index in [0.717, 1.165) is 16.5 Å². The van der Waals surface area contributed by atoms with Gasteiger partial charge in [0.15, 0.2) is 0 Å². The first-order chi connectivity index (χ1) is 10.7. The van der Waals surface area contributed by atoms with Gasteiger partial charge >= 0.3 is 0 Å². The van der Waals surface area contributed by atoms with Crippen molar-refractivity contribution in [1.82, 2.24) is 9.88 Å². The van der Waals surface area contributed by atoms with Gasteiger partial charge in [0, 0.05) is 23.3 Å². The highest BCUT2D eigenvalue weighted by molar-refractivity contribution is 7.59. The lowest BCUT2D eigenvalue weighted by Gasteiger charge is -2.26. The molecule has 2 atom stereocenters. The molecule has 2 N–H and O–H groups in total. The number of para-hydroxylation sites is 1. The molecule has 2 aromatic carbocycles. The van der Waals surface area contributed by atoms with E-state index >= 15 is 0 Å². The first kappa shape index (κ1) is 17.9. The average Bonchev–Trinajstić information content (AvgIpc) is 2.92. The molecule has 0 radical (unpaired) electrons. The van der Waals surface area contributed by atoms with Crippen molar-refractivity contribution in [2.24, 2.45) is 0 Å². The molecule has 1 heterocycles. The molecule has 0 aliphatic rings. The number of rotatable bonds is 5.